The van der Waals surface area contributed by atoms with Crippen LogP contribution in [0, 0.1) is 0 Å². The smallest absolute Gasteiger partial charge is 0.232 e. The van der Waals surface area contributed by atoms with E-state index in [1.165, 1.54) is 41.6 Å². The second-order valence-electron chi connectivity index (χ2n) is 12.8. The number of nitrogens with one attached hydrogen (secondary N) is 2. The summed E-state index contributed by atoms with van der Waals surface area (Å²) >= 11 is 12.3. The molecule has 238 valence electrons. The average molecular weight is 652 g/mol. The van der Waals surface area contributed by atoms with Gasteiger partial charge < -0.3 is 25.3 Å². The van der Waals surface area contributed by atoms with Crippen LogP contribution >= 0.6 is 23.8 Å². The lowest BCUT2D eigenvalue weighted by Crippen LogP contribution is -2.47. The Balaban J connectivity index is 1.10. The van der Waals surface area contributed by atoms with E-state index in [1.807, 2.05) is 6.07 Å². The van der Waals surface area contributed by atoms with E-state index in [2.05, 4.69) is 104 Å². The summed E-state index contributed by atoms with van der Waals surface area (Å²) in [6.07, 6.45) is 6.92. The number of hydrogen-bond donors (Lipinski definition) is 2. The number of aromatic nitrogens is 2. The fourth-order valence-corrected chi connectivity index (χ4v) is 7.69. The molecule has 1 aliphatic carbocycles. The molecule has 0 atom stereocenters. The molecule has 1 saturated heterocycles. The highest BCUT2D eigenvalue weighted by Crippen LogP contribution is 2.40. The molecular formula is C37H42ClN7S. The zero-order chi connectivity index (χ0) is 31.3. The van der Waals surface area contributed by atoms with Crippen molar-refractivity contribution in [3.05, 3.63) is 107 Å². The zero-order valence-corrected chi connectivity index (χ0v) is 27.9. The van der Waals surface area contributed by atoms with Gasteiger partial charge >= 0.3 is 0 Å². The summed E-state index contributed by atoms with van der Waals surface area (Å²) in [5, 5.41) is 8.27. The van der Waals surface area contributed by atoms with Crippen molar-refractivity contribution in [3.8, 4) is 0 Å². The number of anilines is 4. The lowest BCUT2D eigenvalue weighted by molar-refractivity contribution is 0.292. The van der Waals surface area contributed by atoms with Crippen LogP contribution in [0.4, 0.5) is 23.3 Å². The third-order valence-electron chi connectivity index (χ3n) is 9.94. The van der Waals surface area contributed by atoms with E-state index in [-0.39, 0.29) is 5.41 Å². The number of hydrogen-bond acceptors (Lipinski definition) is 6. The maximum absolute atomic E-state index is 6.44. The molecule has 7 nitrogen and oxygen atoms in total. The second kappa shape index (κ2) is 13.9. The van der Waals surface area contributed by atoms with Crippen LogP contribution in [0.25, 0.3) is 0 Å². The van der Waals surface area contributed by atoms with E-state index in [9.17, 15) is 0 Å². The summed E-state index contributed by atoms with van der Waals surface area (Å²) in [5.41, 5.74) is 5.34. The zero-order valence-electron chi connectivity index (χ0n) is 26.3. The Kier molecular flexibility index (Phi) is 9.26. The van der Waals surface area contributed by atoms with Gasteiger partial charge in [-0.3, -0.25) is 0 Å². The lowest BCUT2D eigenvalue weighted by atomic mass is 9.69. The molecule has 0 unspecified atom stereocenters. The molecule has 0 bridgehead atoms. The number of thiocarbonyl (C=S) groups is 1. The van der Waals surface area contributed by atoms with Crippen molar-refractivity contribution in [3.63, 3.8) is 0 Å². The van der Waals surface area contributed by atoms with Gasteiger partial charge in [0.15, 0.2) is 5.11 Å². The minimum Gasteiger partial charge on any atom is -0.368 e. The minimum atomic E-state index is 0.00236. The van der Waals surface area contributed by atoms with Crippen LogP contribution in [0.2, 0.25) is 5.02 Å². The number of benzene rings is 3. The summed E-state index contributed by atoms with van der Waals surface area (Å²) in [6.45, 7) is 6.15. The Morgan fingerprint density at radius 3 is 2.20 bits per heavy atom. The van der Waals surface area contributed by atoms with E-state index in [0.29, 0.717) is 11.1 Å². The first-order valence-electron chi connectivity index (χ1n) is 16.6. The highest BCUT2D eigenvalue weighted by Gasteiger charge is 2.34. The van der Waals surface area contributed by atoms with Crippen LogP contribution in [0.3, 0.4) is 0 Å². The van der Waals surface area contributed by atoms with Crippen molar-refractivity contribution in [2.75, 3.05) is 59.3 Å². The van der Waals surface area contributed by atoms with Crippen LogP contribution in [0.1, 0.15) is 48.8 Å². The molecule has 0 radical (unpaired) electrons. The number of fused-ring (bicyclic) bond motifs is 1. The second-order valence-corrected chi connectivity index (χ2v) is 13.7. The van der Waals surface area contributed by atoms with Crippen molar-refractivity contribution in [1.82, 2.24) is 15.3 Å². The molecule has 1 saturated carbocycles. The van der Waals surface area contributed by atoms with Crippen molar-refractivity contribution < 1.29 is 0 Å². The monoisotopic (exact) mass is 651 g/mol. The molecule has 0 spiro atoms. The van der Waals surface area contributed by atoms with Gasteiger partial charge in [0.05, 0.1) is 0 Å². The van der Waals surface area contributed by atoms with E-state index in [4.69, 9.17) is 33.8 Å². The fourth-order valence-electron chi connectivity index (χ4n) is 7.34. The molecule has 2 N–H and O–H groups in total. The van der Waals surface area contributed by atoms with Crippen LogP contribution in [0.15, 0.2) is 84.9 Å². The molecule has 2 fully saturated rings. The predicted octanol–water partition coefficient (Wildman–Crippen LogP) is 7.21. The molecule has 1 aromatic heterocycles. The summed E-state index contributed by atoms with van der Waals surface area (Å²) in [7, 11) is 0. The Morgan fingerprint density at radius 1 is 0.739 bits per heavy atom. The van der Waals surface area contributed by atoms with Crippen LogP contribution in [-0.2, 0) is 18.4 Å². The average Bonchev–Trinajstić information content (AvgIpc) is 3.11. The van der Waals surface area contributed by atoms with Gasteiger partial charge in [0.25, 0.3) is 0 Å². The largest absolute Gasteiger partial charge is 0.368 e. The van der Waals surface area contributed by atoms with Gasteiger partial charge in [0.2, 0.25) is 5.95 Å². The highest BCUT2D eigenvalue weighted by molar-refractivity contribution is 7.80. The quantitative estimate of drug-likeness (QED) is 0.203. The Hall–Kier alpha value is -3.88. The summed E-state index contributed by atoms with van der Waals surface area (Å²) < 4.78 is 0. The summed E-state index contributed by atoms with van der Waals surface area (Å²) in [5.74, 6) is 2.40. The van der Waals surface area contributed by atoms with Crippen molar-refractivity contribution in [2.24, 2.45) is 0 Å². The minimum absolute atomic E-state index is 0.00236. The van der Waals surface area contributed by atoms with Gasteiger partial charge in [0.1, 0.15) is 11.6 Å². The molecule has 3 heterocycles. The maximum atomic E-state index is 6.44. The fraction of sp³-hybridized carbons (Fsp3) is 0.378. The van der Waals surface area contributed by atoms with Crippen LogP contribution < -0.4 is 25.3 Å². The van der Waals surface area contributed by atoms with Gasteiger partial charge in [0, 0.05) is 68.0 Å². The predicted molar refractivity (Wildman–Crippen MR) is 195 cm³/mol. The SMILES string of the molecule is S=C(NCC1(c2cccc(Cl)c2)CCCCC1)Nc1nc(N2CCN(c3ccccc3)CC2)cc(N2CCc3ccccc3C2)n1. The van der Waals surface area contributed by atoms with Gasteiger partial charge in [-0.15, -0.1) is 0 Å². The molecule has 9 heteroatoms. The first kappa shape index (κ1) is 30.8. The van der Waals surface area contributed by atoms with Crippen LogP contribution in [-0.4, -0.2) is 54.3 Å². The molecule has 7 rings (SSSR count). The topological polar surface area (TPSA) is 59.6 Å². The summed E-state index contributed by atoms with van der Waals surface area (Å²) in [6, 6.07) is 29.9. The van der Waals surface area contributed by atoms with Gasteiger partial charge in [-0.1, -0.05) is 85.5 Å². The van der Waals surface area contributed by atoms with E-state index in [0.717, 1.165) is 81.7 Å². The molecule has 2 aliphatic heterocycles. The number of rotatable bonds is 7. The van der Waals surface area contributed by atoms with Crippen molar-refractivity contribution in [2.45, 2.75) is 50.5 Å². The first-order valence-corrected chi connectivity index (χ1v) is 17.4. The van der Waals surface area contributed by atoms with E-state index in [1.54, 1.807) is 0 Å². The van der Waals surface area contributed by atoms with E-state index < -0.39 is 0 Å². The van der Waals surface area contributed by atoms with Gasteiger partial charge in [-0.2, -0.15) is 9.97 Å². The van der Waals surface area contributed by atoms with Gasteiger partial charge in [-0.05, 0) is 72.4 Å². The third-order valence-corrected chi connectivity index (χ3v) is 10.4. The first-order chi connectivity index (χ1) is 22.5. The standard InChI is InChI=1S/C37H42ClN7S/c38-31-13-9-12-30(24-31)37(17-7-2-8-18-37)27-39-36(46)42-35-40-33(44-22-20-43(21-23-44)32-14-3-1-4-15-32)25-34(41-35)45-19-16-28-10-5-6-11-29(28)26-45/h1,3-6,9-15,24-25H,2,7-8,16-23,26-27H2,(H2,39,40,41,42,46). The molecule has 4 aromatic rings. The van der Waals surface area contributed by atoms with Crippen molar-refractivity contribution in [1.29, 1.82) is 0 Å². The van der Waals surface area contributed by atoms with Crippen molar-refractivity contribution >= 4 is 52.2 Å². The Labute approximate surface area is 283 Å². The number of piperazine rings is 1. The summed E-state index contributed by atoms with van der Waals surface area (Å²) in [4.78, 5) is 17.2. The molecule has 3 aromatic carbocycles. The number of halogens is 1. The van der Waals surface area contributed by atoms with E-state index >= 15 is 0 Å². The van der Waals surface area contributed by atoms with Crippen LogP contribution in [0.5, 0.6) is 0 Å². The molecule has 0 amide bonds. The number of para-hydroxylation sites is 1. The third kappa shape index (κ3) is 6.93. The normalized spacial score (nSPS) is 17.7. The number of nitrogens with zero attached hydrogens (tertiary/aromatic N) is 5. The molecule has 46 heavy (non-hydrogen) atoms. The maximum Gasteiger partial charge on any atom is 0.232 e. The molecule has 3 aliphatic rings. The Morgan fingerprint density at radius 2 is 1.43 bits per heavy atom. The Bertz CT molecular complexity index is 1650. The lowest BCUT2D eigenvalue weighted by Gasteiger charge is -2.38. The highest BCUT2D eigenvalue weighted by atomic mass is 35.5. The molecular weight excluding hydrogens is 610 g/mol. The van der Waals surface area contributed by atoms with Gasteiger partial charge in [-0.25, -0.2) is 0 Å².